The van der Waals surface area contributed by atoms with Crippen LogP contribution in [-0.4, -0.2) is 23.6 Å². The summed E-state index contributed by atoms with van der Waals surface area (Å²) in [5, 5.41) is 10.3. The van der Waals surface area contributed by atoms with Gasteiger partial charge in [-0.3, -0.25) is 0 Å². The number of methoxy groups -OCH3 is 1. The third-order valence-corrected chi connectivity index (χ3v) is 4.43. The molecule has 1 saturated carbocycles. The molecule has 1 aliphatic carbocycles. The van der Waals surface area contributed by atoms with E-state index in [9.17, 15) is 5.11 Å². The van der Waals surface area contributed by atoms with E-state index in [1.165, 1.54) is 19.3 Å². The first-order chi connectivity index (χ1) is 7.79. The van der Waals surface area contributed by atoms with Gasteiger partial charge >= 0.3 is 0 Å². The molecule has 16 heavy (non-hydrogen) atoms. The second-order valence-electron chi connectivity index (χ2n) is 4.23. The minimum atomic E-state index is 0.395. The lowest BCUT2D eigenvalue weighted by Gasteiger charge is -2.27. The second kappa shape index (κ2) is 5.60. The van der Waals surface area contributed by atoms with Crippen LogP contribution in [0.4, 0.5) is 0 Å². The van der Waals surface area contributed by atoms with Gasteiger partial charge in [0.05, 0.1) is 6.10 Å². The van der Waals surface area contributed by atoms with Gasteiger partial charge in [0.25, 0.3) is 0 Å². The van der Waals surface area contributed by atoms with E-state index in [4.69, 9.17) is 4.74 Å². The number of aromatic hydroxyl groups is 1. The van der Waals surface area contributed by atoms with Gasteiger partial charge in [0, 0.05) is 17.3 Å². The molecule has 0 spiro atoms. The third-order valence-electron chi connectivity index (χ3n) is 3.07. The largest absolute Gasteiger partial charge is 0.507 e. The molecule has 1 N–H and O–H groups in total. The number of para-hydroxylation sites is 1. The molecular formula is C13H18O2S. The zero-order valence-electron chi connectivity index (χ0n) is 9.56. The fraction of sp³-hybridized carbons (Fsp3) is 0.538. The molecule has 2 nitrogen and oxygen atoms in total. The highest BCUT2D eigenvalue weighted by Gasteiger charge is 2.23. The van der Waals surface area contributed by atoms with E-state index in [1.54, 1.807) is 24.9 Å². The summed E-state index contributed by atoms with van der Waals surface area (Å²) in [5.41, 5.74) is 0. The first-order valence-electron chi connectivity index (χ1n) is 5.77. The van der Waals surface area contributed by atoms with Crippen LogP contribution in [0, 0.1) is 0 Å². The summed E-state index contributed by atoms with van der Waals surface area (Å²) in [7, 11) is 1.79. The molecule has 3 heteroatoms. The van der Waals surface area contributed by atoms with Crippen LogP contribution in [0.2, 0.25) is 0 Å². The van der Waals surface area contributed by atoms with Crippen molar-refractivity contribution in [3.8, 4) is 5.75 Å². The second-order valence-corrected chi connectivity index (χ2v) is 5.57. The maximum atomic E-state index is 9.71. The van der Waals surface area contributed by atoms with Crippen LogP contribution < -0.4 is 0 Å². The number of benzene rings is 1. The molecule has 1 aliphatic rings. The Morgan fingerprint density at radius 3 is 2.88 bits per heavy atom. The molecule has 2 rings (SSSR count). The summed E-state index contributed by atoms with van der Waals surface area (Å²) in [6.07, 6.45) is 5.11. The lowest BCUT2D eigenvalue weighted by molar-refractivity contribution is 0.0730. The van der Waals surface area contributed by atoms with Crippen molar-refractivity contribution in [1.82, 2.24) is 0 Å². The molecule has 0 aliphatic heterocycles. The Kier molecular flexibility index (Phi) is 4.13. The topological polar surface area (TPSA) is 29.5 Å². The van der Waals surface area contributed by atoms with E-state index in [0.717, 1.165) is 11.3 Å². The van der Waals surface area contributed by atoms with Crippen LogP contribution in [0.15, 0.2) is 29.2 Å². The molecule has 0 aromatic heterocycles. The molecule has 0 heterocycles. The first-order valence-corrected chi connectivity index (χ1v) is 6.65. The quantitative estimate of drug-likeness (QED) is 0.874. The van der Waals surface area contributed by atoms with E-state index in [0.29, 0.717) is 17.1 Å². The van der Waals surface area contributed by atoms with Crippen molar-refractivity contribution in [1.29, 1.82) is 0 Å². The van der Waals surface area contributed by atoms with E-state index in [-0.39, 0.29) is 0 Å². The Hall–Kier alpha value is -0.670. The van der Waals surface area contributed by atoms with Crippen LogP contribution in [0.3, 0.4) is 0 Å². The highest BCUT2D eigenvalue weighted by atomic mass is 32.2. The van der Waals surface area contributed by atoms with Crippen molar-refractivity contribution >= 4 is 11.8 Å². The van der Waals surface area contributed by atoms with Crippen molar-refractivity contribution in [2.45, 2.75) is 41.9 Å². The smallest absolute Gasteiger partial charge is 0.129 e. The molecule has 0 bridgehead atoms. The zero-order chi connectivity index (χ0) is 11.4. The number of phenols is 1. The monoisotopic (exact) mass is 238 g/mol. The highest BCUT2D eigenvalue weighted by molar-refractivity contribution is 8.00. The molecule has 0 saturated heterocycles. The Labute approximate surface area is 101 Å². The van der Waals surface area contributed by atoms with Gasteiger partial charge in [-0.2, -0.15) is 0 Å². The number of hydrogen-bond donors (Lipinski definition) is 1. The molecule has 88 valence electrons. The fourth-order valence-electron chi connectivity index (χ4n) is 2.16. The van der Waals surface area contributed by atoms with Crippen LogP contribution >= 0.6 is 11.8 Å². The Balaban J connectivity index is 1.97. The van der Waals surface area contributed by atoms with Crippen LogP contribution in [-0.2, 0) is 4.74 Å². The third kappa shape index (κ3) is 2.92. The number of ether oxygens (including phenoxy) is 1. The molecule has 1 aromatic carbocycles. The van der Waals surface area contributed by atoms with Crippen molar-refractivity contribution in [3.05, 3.63) is 24.3 Å². The van der Waals surface area contributed by atoms with Crippen molar-refractivity contribution < 1.29 is 9.84 Å². The maximum absolute atomic E-state index is 9.71. The fourth-order valence-corrected chi connectivity index (χ4v) is 3.46. The summed E-state index contributed by atoms with van der Waals surface area (Å²) >= 11 is 1.78. The van der Waals surface area contributed by atoms with Crippen molar-refractivity contribution in [2.75, 3.05) is 7.11 Å². The Morgan fingerprint density at radius 1 is 1.31 bits per heavy atom. The highest BCUT2D eigenvalue weighted by Crippen LogP contribution is 2.38. The van der Waals surface area contributed by atoms with Crippen molar-refractivity contribution in [2.24, 2.45) is 0 Å². The van der Waals surface area contributed by atoms with E-state index < -0.39 is 0 Å². The molecule has 1 aromatic rings. The van der Waals surface area contributed by atoms with Gasteiger partial charge in [-0.15, -0.1) is 11.8 Å². The molecule has 0 amide bonds. The summed E-state index contributed by atoms with van der Waals surface area (Å²) in [6.45, 7) is 0. The lowest BCUT2D eigenvalue weighted by Crippen LogP contribution is -2.23. The number of hydrogen-bond acceptors (Lipinski definition) is 3. The van der Waals surface area contributed by atoms with Gasteiger partial charge in [0.2, 0.25) is 0 Å². The van der Waals surface area contributed by atoms with Gasteiger partial charge in [0.15, 0.2) is 0 Å². The van der Waals surface area contributed by atoms with Gasteiger partial charge in [0.1, 0.15) is 5.75 Å². The summed E-state index contributed by atoms with van der Waals surface area (Å²) in [6, 6.07) is 7.56. The summed E-state index contributed by atoms with van der Waals surface area (Å²) < 4.78 is 5.41. The zero-order valence-corrected chi connectivity index (χ0v) is 10.4. The molecular weight excluding hydrogens is 220 g/mol. The van der Waals surface area contributed by atoms with Crippen LogP contribution in [0.1, 0.15) is 25.7 Å². The predicted molar refractivity (Wildman–Crippen MR) is 67.0 cm³/mol. The first kappa shape index (κ1) is 11.8. The van der Waals surface area contributed by atoms with Gasteiger partial charge in [-0.1, -0.05) is 12.1 Å². The molecule has 0 radical (unpaired) electrons. The minimum Gasteiger partial charge on any atom is -0.507 e. The van der Waals surface area contributed by atoms with Gasteiger partial charge in [-0.25, -0.2) is 0 Å². The predicted octanol–water partition coefficient (Wildman–Crippen LogP) is 3.44. The van der Waals surface area contributed by atoms with Crippen LogP contribution in [0.5, 0.6) is 5.75 Å². The number of thioether (sulfide) groups is 1. The van der Waals surface area contributed by atoms with Crippen molar-refractivity contribution in [3.63, 3.8) is 0 Å². The molecule has 2 unspecified atom stereocenters. The standard InChI is InChI=1S/C13H18O2S/c1-15-10-5-4-6-11(9-10)16-13-8-3-2-7-12(13)14/h2-3,7-8,10-11,14H,4-6,9H2,1H3. The SMILES string of the molecule is COC1CCCC(Sc2ccccc2O)C1. The van der Waals surface area contributed by atoms with E-state index in [2.05, 4.69) is 0 Å². The van der Waals surface area contributed by atoms with Crippen LogP contribution in [0.25, 0.3) is 0 Å². The van der Waals surface area contributed by atoms with E-state index in [1.807, 2.05) is 18.2 Å². The summed E-state index contributed by atoms with van der Waals surface area (Å²) in [5.74, 6) is 0.395. The molecule has 2 atom stereocenters. The Bertz CT molecular complexity index is 340. The minimum absolute atomic E-state index is 0.395. The Morgan fingerprint density at radius 2 is 2.12 bits per heavy atom. The average Bonchev–Trinajstić information content (AvgIpc) is 2.32. The van der Waals surface area contributed by atoms with Gasteiger partial charge in [-0.05, 0) is 37.8 Å². The normalized spacial score (nSPS) is 25.6. The number of phenolic OH excluding ortho intramolecular Hbond substituents is 1. The average molecular weight is 238 g/mol. The maximum Gasteiger partial charge on any atom is 0.129 e. The molecule has 1 fully saturated rings. The number of rotatable bonds is 3. The van der Waals surface area contributed by atoms with E-state index >= 15 is 0 Å². The lowest BCUT2D eigenvalue weighted by atomic mass is 9.97. The van der Waals surface area contributed by atoms with Gasteiger partial charge < -0.3 is 9.84 Å². The summed E-state index contributed by atoms with van der Waals surface area (Å²) in [4.78, 5) is 0.990.